The standard InChI is InChI=1S/C24H29FO2/c1-3-15-4-5-17-11-18(7-6-16(17)10-15)19-8-9-20-13-22(24(26)27-2)23(25)14-21(20)12-19/h8-9,12-18H,3-7,10-11H2,1-2H3. The van der Waals surface area contributed by atoms with Crippen molar-refractivity contribution < 1.29 is 13.9 Å². The molecule has 0 bridgehead atoms. The molecule has 2 aliphatic carbocycles. The van der Waals surface area contributed by atoms with Gasteiger partial charge in [0.1, 0.15) is 5.82 Å². The maximum absolute atomic E-state index is 14.3. The highest BCUT2D eigenvalue weighted by molar-refractivity contribution is 5.95. The van der Waals surface area contributed by atoms with Gasteiger partial charge >= 0.3 is 5.97 Å². The summed E-state index contributed by atoms with van der Waals surface area (Å²) in [6.07, 6.45) is 9.37. The Balaban J connectivity index is 1.55. The molecule has 2 fully saturated rings. The minimum Gasteiger partial charge on any atom is -0.465 e. The number of halogens is 1. The Morgan fingerprint density at radius 3 is 2.59 bits per heavy atom. The van der Waals surface area contributed by atoms with Crippen molar-refractivity contribution in [3.8, 4) is 0 Å². The number of methoxy groups -OCH3 is 1. The maximum Gasteiger partial charge on any atom is 0.340 e. The van der Waals surface area contributed by atoms with E-state index in [2.05, 4.69) is 23.8 Å². The summed E-state index contributed by atoms with van der Waals surface area (Å²) in [6, 6.07) is 9.40. The summed E-state index contributed by atoms with van der Waals surface area (Å²) in [4.78, 5) is 11.7. The summed E-state index contributed by atoms with van der Waals surface area (Å²) in [7, 11) is 1.28. The van der Waals surface area contributed by atoms with Crippen molar-refractivity contribution in [2.75, 3.05) is 7.11 Å². The molecule has 144 valence electrons. The molecule has 2 aliphatic rings. The van der Waals surface area contributed by atoms with Crippen LogP contribution in [0.1, 0.15) is 73.7 Å². The normalized spacial score (nSPS) is 28.0. The van der Waals surface area contributed by atoms with Gasteiger partial charge in [-0.05, 0) is 84.2 Å². The van der Waals surface area contributed by atoms with Gasteiger partial charge in [0.05, 0.1) is 12.7 Å². The summed E-state index contributed by atoms with van der Waals surface area (Å²) in [6.45, 7) is 2.33. The van der Waals surface area contributed by atoms with Crippen molar-refractivity contribution in [2.45, 2.75) is 57.8 Å². The molecule has 3 heteroatoms. The molecule has 2 saturated carbocycles. The molecule has 27 heavy (non-hydrogen) atoms. The van der Waals surface area contributed by atoms with Crippen molar-refractivity contribution in [3.05, 3.63) is 47.3 Å². The number of benzene rings is 2. The molecule has 2 aromatic rings. The molecule has 2 aromatic carbocycles. The van der Waals surface area contributed by atoms with E-state index in [1.807, 2.05) is 6.07 Å². The highest BCUT2D eigenvalue weighted by Crippen LogP contribution is 2.48. The maximum atomic E-state index is 14.3. The van der Waals surface area contributed by atoms with Crippen LogP contribution in [0.3, 0.4) is 0 Å². The first-order chi connectivity index (χ1) is 13.1. The van der Waals surface area contributed by atoms with E-state index < -0.39 is 11.8 Å². The van der Waals surface area contributed by atoms with E-state index in [0.717, 1.165) is 28.5 Å². The van der Waals surface area contributed by atoms with Crippen molar-refractivity contribution in [2.24, 2.45) is 17.8 Å². The molecule has 0 radical (unpaired) electrons. The quantitative estimate of drug-likeness (QED) is 0.580. The fraction of sp³-hybridized carbons (Fsp3) is 0.542. The van der Waals surface area contributed by atoms with Gasteiger partial charge in [0.15, 0.2) is 0 Å². The van der Waals surface area contributed by atoms with E-state index in [1.54, 1.807) is 6.07 Å². The number of fused-ring (bicyclic) bond motifs is 2. The van der Waals surface area contributed by atoms with Crippen LogP contribution in [0.4, 0.5) is 4.39 Å². The third-order valence-electron chi connectivity index (χ3n) is 7.13. The van der Waals surface area contributed by atoms with Gasteiger partial charge < -0.3 is 4.74 Å². The molecular weight excluding hydrogens is 339 g/mol. The lowest BCUT2D eigenvalue weighted by Gasteiger charge is -2.42. The van der Waals surface area contributed by atoms with Gasteiger partial charge in [0, 0.05) is 0 Å². The minimum atomic E-state index is -0.625. The Morgan fingerprint density at radius 1 is 1.04 bits per heavy atom. The average molecular weight is 368 g/mol. The fourth-order valence-corrected chi connectivity index (χ4v) is 5.47. The lowest BCUT2D eigenvalue weighted by atomic mass is 9.63. The monoisotopic (exact) mass is 368 g/mol. The Bertz CT molecular complexity index is 844. The van der Waals surface area contributed by atoms with Crippen molar-refractivity contribution in [3.63, 3.8) is 0 Å². The molecule has 0 heterocycles. The second-order valence-corrected chi connectivity index (χ2v) is 8.55. The smallest absolute Gasteiger partial charge is 0.340 e. The number of ether oxygens (including phenoxy) is 1. The lowest BCUT2D eigenvalue weighted by Crippen LogP contribution is -2.30. The minimum absolute atomic E-state index is 0.00550. The van der Waals surface area contributed by atoms with Gasteiger partial charge in [-0.25, -0.2) is 9.18 Å². The van der Waals surface area contributed by atoms with Gasteiger partial charge in [-0.15, -0.1) is 0 Å². The number of carbonyl (C=O) groups is 1. The topological polar surface area (TPSA) is 26.3 Å². The molecular formula is C24H29FO2. The summed E-state index contributed by atoms with van der Waals surface area (Å²) < 4.78 is 19.0. The van der Waals surface area contributed by atoms with Gasteiger partial charge in [-0.2, -0.15) is 0 Å². The summed E-state index contributed by atoms with van der Waals surface area (Å²) >= 11 is 0. The first-order valence-corrected chi connectivity index (χ1v) is 10.4. The third-order valence-corrected chi connectivity index (χ3v) is 7.13. The van der Waals surface area contributed by atoms with Gasteiger partial charge in [-0.1, -0.05) is 38.0 Å². The number of hydrogen-bond donors (Lipinski definition) is 0. The zero-order chi connectivity index (χ0) is 19.0. The summed E-state index contributed by atoms with van der Waals surface area (Å²) in [5, 5.41) is 1.76. The summed E-state index contributed by atoms with van der Waals surface area (Å²) in [5.41, 5.74) is 1.33. The van der Waals surface area contributed by atoms with Crippen LogP contribution in [0.25, 0.3) is 10.8 Å². The van der Waals surface area contributed by atoms with Crippen molar-refractivity contribution in [1.82, 2.24) is 0 Å². The Morgan fingerprint density at radius 2 is 1.81 bits per heavy atom. The van der Waals surface area contributed by atoms with Crippen LogP contribution in [0.5, 0.6) is 0 Å². The highest BCUT2D eigenvalue weighted by atomic mass is 19.1. The van der Waals surface area contributed by atoms with E-state index in [0.29, 0.717) is 5.92 Å². The van der Waals surface area contributed by atoms with Crippen molar-refractivity contribution in [1.29, 1.82) is 0 Å². The van der Waals surface area contributed by atoms with E-state index in [-0.39, 0.29) is 5.56 Å². The highest BCUT2D eigenvalue weighted by Gasteiger charge is 2.35. The summed E-state index contributed by atoms with van der Waals surface area (Å²) in [5.74, 6) is 2.17. The second-order valence-electron chi connectivity index (χ2n) is 8.55. The Hall–Kier alpha value is -1.90. The number of rotatable bonds is 3. The molecule has 0 spiro atoms. The molecule has 2 nitrogen and oxygen atoms in total. The largest absolute Gasteiger partial charge is 0.465 e. The molecule has 4 atom stereocenters. The zero-order valence-electron chi connectivity index (χ0n) is 16.3. The third kappa shape index (κ3) is 3.61. The molecule has 4 rings (SSSR count). The van der Waals surface area contributed by atoms with Gasteiger partial charge in [0.2, 0.25) is 0 Å². The van der Waals surface area contributed by atoms with Gasteiger partial charge in [0.25, 0.3) is 0 Å². The van der Waals surface area contributed by atoms with Gasteiger partial charge in [-0.3, -0.25) is 0 Å². The fourth-order valence-electron chi connectivity index (χ4n) is 5.47. The Kier molecular flexibility index (Phi) is 5.21. The lowest BCUT2D eigenvalue weighted by molar-refractivity contribution is 0.0595. The molecule has 0 N–H and O–H groups in total. The van der Waals surface area contributed by atoms with Crippen LogP contribution in [-0.4, -0.2) is 13.1 Å². The van der Waals surface area contributed by atoms with Crippen LogP contribution >= 0.6 is 0 Å². The SMILES string of the molecule is CCC1CCC2CC(c3ccc4cc(C(=O)OC)c(F)cc4c3)CCC2C1. The number of esters is 1. The number of hydrogen-bond acceptors (Lipinski definition) is 2. The van der Waals surface area contributed by atoms with Crippen LogP contribution in [-0.2, 0) is 4.74 Å². The van der Waals surface area contributed by atoms with Crippen molar-refractivity contribution >= 4 is 16.7 Å². The predicted molar refractivity (Wildman–Crippen MR) is 106 cm³/mol. The predicted octanol–water partition coefficient (Wildman–Crippen LogP) is 6.48. The van der Waals surface area contributed by atoms with E-state index in [1.165, 1.54) is 63.7 Å². The first-order valence-electron chi connectivity index (χ1n) is 10.4. The molecule has 0 amide bonds. The van der Waals surface area contributed by atoms with E-state index >= 15 is 0 Å². The average Bonchev–Trinajstić information content (AvgIpc) is 2.71. The molecule has 4 unspecified atom stereocenters. The zero-order valence-corrected chi connectivity index (χ0v) is 16.3. The van der Waals surface area contributed by atoms with E-state index in [4.69, 9.17) is 0 Å². The number of carbonyl (C=O) groups excluding carboxylic acids is 1. The molecule has 0 saturated heterocycles. The van der Waals surface area contributed by atoms with Crippen LogP contribution in [0.2, 0.25) is 0 Å². The van der Waals surface area contributed by atoms with Crippen LogP contribution < -0.4 is 0 Å². The van der Waals surface area contributed by atoms with Crippen LogP contribution in [0.15, 0.2) is 30.3 Å². The van der Waals surface area contributed by atoms with E-state index in [9.17, 15) is 9.18 Å². The Labute approximate surface area is 161 Å². The van der Waals surface area contributed by atoms with Crippen LogP contribution in [0, 0.1) is 23.6 Å². The molecule has 0 aliphatic heterocycles. The second kappa shape index (κ2) is 7.61. The first kappa shape index (κ1) is 18.5. The molecule has 0 aromatic heterocycles.